The number of nitrogens with two attached hydrogens (primary N) is 1. The van der Waals surface area contributed by atoms with Crippen LogP contribution in [0.4, 0.5) is 0 Å². The predicted molar refractivity (Wildman–Crippen MR) is 76.7 cm³/mol. The van der Waals surface area contributed by atoms with Gasteiger partial charge in [0.25, 0.3) is 5.91 Å². The van der Waals surface area contributed by atoms with Gasteiger partial charge in [0.05, 0.1) is 6.61 Å². The summed E-state index contributed by atoms with van der Waals surface area (Å²) >= 11 is 0. The Morgan fingerprint density at radius 3 is 2.75 bits per heavy atom. The molecule has 1 saturated heterocycles. The highest BCUT2D eigenvalue weighted by Gasteiger charge is 2.35. The van der Waals surface area contributed by atoms with E-state index in [1.54, 1.807) is 7.11 Å². The van der Waals surface area contributed by atoms with E-state index < -0.39 is 0 Å². The van der Waals surface area contributed by atoms with E-state index in [1.807, 2.05) is 24.3 Å². The quantitative estimate of drug-likeness (QED) is 0.804. The minimum atomic E-state index is -0.380. The molecule has 1 fully saturated rings. The summed E-state index contributed by atoms with van der Waals surface area (Å²) in [5.74, 6) is -0.0902. The molecule has 2 rings (SSSR count). The molecule has 0 aliphatic carbocycles. The SMILES string of the molecule is COC1(CNC(=O)c2ccc(CCN)cc2)CCOC1. The van der Waals surface area contributed by atoms with Crippen molar-refractivity contribution in [1.29, 1.82) is 0 Å². The van der Waals surface area contributed by atoms with E-state index >= 15 is 0 Å². The van der Waals surface area contributed by atoms with Crippen LogP contribution in [0.15, 0.2) is 24.3 Å². The van der Waals surface area contributed by atoms with Crippen molar-refractivity contribution < 1.29 is 14.3 Å². The number of hydrogen-bond acceptors (Lipinski definition) is 4. The van der Waals surface area contributed by atoms with Crippen molar-refractivity contribution in [2.45, 2.75) is 18.4 Å². The Kier molecular flexibility index (Phi) is 5.11. The second kappa shape index (κ2) is 6.83. The van der Waals surface area contributed by atoms with Crippen molar-refractivity contribution >= 4 is 5.91 Å². The van der Waals surface area contributed by atoms with Crippen LogP contribution in [0, 0.1) is 0 Å². The van der Waals surface area contributed by atoms with Crippen LogP contribution in [-0.2, 0) is 15.9 Å². The molecule has 0 aromatic heterocycles. The number of nitrogens with one attached hydrogen (secondary N) is 1. The summed E-state index contributed by atoms with van der Waals surface area (Å²) in [6.07, 6.45) is 1.63. The average Bonchev–Trinajstić information content (AvgIpc) is 2.95. The van der Waals surface area contributed by atoms with Crippen LogP contribution >= 0.6 is 0 Å². The highest BCUT2D eigenvalue weighted by Crippen LogP contribution is 2.21. The van der Waals surface area contributed by atoms with Gasteiger partial charge in [0.15, 0.2) is 0 Å². The molecule has 1 heterocycles. The normalized spacial score (nSPS) is 21.9. The summed E-state index contributed by atoms with van der Waals surface area (Å²) in [6.45, 7) is 2.28. The lowest BCUT2D eigenvalue weighted by Crippen LogP contribution is -2.45. The van der Waals surface area contributed by atoms with Crippen molar-refractivity contribution in [1.82, 2.24) is 5.32 Å². The van der Waals surface area contributed by atoms with Crippen LogP contribution in [-0.4, -0.2) is 44.9 Å². The number of benzene rings is 1. The molecule has 1 aliphatic heterocycles. The van der Waals surface area contributed by atoms with Crippen LogP contribution < -0.4 is 11.1 Å². The number of carbonyl (C=O) groups excluding carboxylic acids is 1. The smallest absolute Gasteiger partial charge is 0.251 e. The Balaban J connectivity index is 1.91. The molecule has 20 heavy (non-hydrogen) atoms. The predicted octanol–water partition coefficient (Wildman–Crippen LogP) is 0.723. The van der Waals surface area contributed by atoms with Crippen molar-refractivity contribution in [3.05, 3.63) is 35.4 Å². The van der Waals surface area contributed by atoms with Crippen LogP contribution in [0.1, 0.15) is 22.3 Å². The minimum Gasteiger partial charge on any atom is -0.378 e. The fraction of sp³-hybridized carbons (Fsp3) is 0.533. The average molecular weight is 278 g/mol. The van der Waals surface area contributed by atoms with Crippen LogP contribution in [0.3, 0.4) is 0 Å². The molecule has 5 nitrogen and oxygen atoms in total. The van der Waals surface area contributed by atoms with Gasteiger partial charge >= 0.3 is 0 Å². The fourth-order valence-electron chi connectivity index (χ4n) is 2.29. The molecule has 1 atom stereocenters. The van der Waals surface area contributed by atoms with Crippen LogP contribution in [0.25, 0.3) is 0 Å². The van der Waals surface area contributed by atoms with Gasteiger partial charge in [-0.15, -0.1) is 0 Å². The molecule has 1 unspecified atom stereocenters. The maximum absolute atomic E-state index is 12.1. The summed E-state index contributed by atoms with van der Waals surface area (Å²) in [6, 6.07) is 7.52. The Hall–Kier alpha value is -1.43. The highest BCUT2D eigenvalue weighted by atomic mass is 16.5. The van der Waals surface area contributed by atoms with Gasteiger partial charge in [0, 0.05) is 32.2 Å². The summed E-state index contributed by atoms with van der Waals surface area (Å²) < 4.78 is 10.8. The number of hydrogen-bond donors (Lipinski definition) is 2. The number of rotatable bonds is 6. The van der Waals surface area contributed by atoms with E-state index in [1.165, 1.54) is 0 Å². The van der Waals surface area contributed by atoms with Gasteiger partial charge in [-0.1, -0.05) is 12.1 Å². The van der Waals surface area contributed by atoms with E-state index in [0.717, 1.165) is 18.4 Å². The van der Waals surface area contributed by atoms with Crippen molar-refractivity contribution in [2.24, 2.45) is 5.73 Å². The molecule has 0 spiro atoms. The summed E-state index contributed by atoms with van der Waals surface area (Å²) in [5, 5.41) is 2.92. The fourth-order valence-corrected chi connectivity index (χ4v) is 2.29. The lowest BCUT2D eigenvalue weighted by Gasteiger charge is -2.25. The first-order chi connectivity index (χ1) is 9.69. The Bertz CT molecular complexity index is 439. The third-order valence-corrected chi connectivity index (χ3v) is 3.72. The molecule has 1 aliphatic rings. The molecular weight excluding hydrogens is 256 g/mol. The number of carbonyl (C=O) groups is 1. The first-order valence-corrected chi connectivity index (χ1v) is 6.89. The molecule has 0 bridgehead atoms. The van der Waals surface area contributed by atoms with Gasteiger partial charge in [-0.3, -0.25) is 4.79 Å². The largest absolute Gasteiger partial charge is 0.378 e. The zero-order valence-electron chi connectivity index (χ0n) is 11.9. The Morgan fingerprint density at radius 1 is 1.45 bits per heavy atom. The Morgan fingerprint density at radius 2 is 2.20 bits per heavy atom. The first-order valence-electron chi connectivity index (χ1n) is 6.89. The van der Waals surface area contributed by atoms with Gasteiger partial charge in [0.1, 0.15) is 5.60 Å². The molecule has 5 heteroatoms. The second-order valence-electron chi connectivity index (χ2n) is 5.11. The van der Waals surface area contributed by atoms with E-state index in [4.69, 9.17) is 15.2 Å². The molecule has 0 radical (unpaired) electrons. The zero-order chi connectivity index (χ0) is 14.4. The number of methoxy groups -OCH3 is 1. The second-order valence-corrected chi connectivity index (χ2v) is 5.11. The minimum absolute atomic E-state index is 0.0902. The van der Waals surface area contributed by atoms with Crippen LogP contribution in [0.2, 0.25) is 0 Å². The molecule has 1 aromatic carbocycles. The first kappa shape index (κ1) is 15.0. The van der Waals surface area contributed by atoms with Gasteiger partial charge < -0.3 is 20.5 Å². The standard InChI is InChI=1S/C15H22N2O3/c1-19-15(7-9-20-11-15)10-17-14(18)13-4-2-12(3-5-13)6-8-16/h2-5H,6-11,16H2,1H3,(H,17,18). The zero-order valence-corrected chi connectivity index (χ0v) is 11.9. The van der Waals surface area contributed by atoms with Gasteiger partial charge in [0.2, 0.25) is 0 Å². The molecule has 1 amide bonds. The van der Waals surface area contributed by atoms with E-state index in [9.17, 15) is 4.79 Å². The van der Waals surface area contributed by atoms with Crippen LogP contribution in [0.5, 0.6) is 0 Å². The number of ether oxygens (including phenoxy) is 2. The molecular formula is C15H22N2O3. The monoisotopic (exact) mass is 278 g/mol. The molecule has 0 saturated carbocycles. The summed E-state index contributed by atoms with van der Waals surface area (Å²) in [4.78, 5) is 12.1. The molecule has 1 aromatic rings. The van der Waals surface area contributed by atoms with Crippen molar-refractivity contribution in [3.8, 4) is 0 Å². The molecule has 3 N–H and O–H groups in total. The van der Waals surface area contributed by atoms with Crippen molar-refractivity contribution in [3.63, 3.8) is 0 Å². The van der Waals surface area contributed by atoms with Gasteiger partial charge in [-0.2, -0.15) is 0 Å². The topological polar surface area (TPSA) is 73.6 Å². The lowest BCUT2D eigenvalue weighted by molar-refractivity contribution is -0.0148. The van der Waals surface area contributed by atoms with Gasteiger partial charge in [-0.05, 0) is 30.7 Å². The van der Waals surface area contributed by atoms with Crippen molar-refractivity contribution in [2.75, 3.05) is 33.4 Å². The maximum atomic E-state index is 12.1. The van der Waals surface area contributed by atoms with Gasteiger partial charge in [-0.25, -0.2) is 0 Å². The van der Waals surface area contributed by atoms with E-state index in [-0.39, 0.29) is 11.5 Å². The summed E-state index contributed by atoms with van der Waals surface area (Å²) in [5.41, 5.74) is 6.91. The van der Waals surface area contributed by atoms with E-state index in [2.05, 4.69) is 5.32 Å². The number of amides is 1. The third-order valence-electron chi connectivity index (χ3n) is 3.72. The molecule has 110 valence electrons. The lowest BCUT2D eigenvalue weighted by atomic mass is 10.0. The maximum Gasteiger partial charge on any atom is 0.251 e. The summed E-state index contributed by atoms with van der Waals surface area (Å²) in [7, 11) is 1.66. The van der Waals surface area contributed by atoms with E-state index in [0.29, 0.717) is 31.9 Å². The highest BCUT2D eigenvalue weighted by molar-refractivity contribution is 5.94. The third kappa shape index (κ3) is 3.56. The Labute approximate surface area is 119 Å².